The van der Waals surface area contributed by atoms with Crippen molar-refractivity contribution in [2.75, 3.05) is 13.7 Å². The zero-order valence-corrected chi connectivity index (χ0v) is 11.1. The number of nitrogens with one attached hydrogen (secondary N) is 1. The van der Waals surface area contributed by atoms with Crippen LogP contribution in [0.25, 0.3) is 0 Å². The predicted octanol–water partition coefficient (Wildman–Crippen LogP) is 3.41. The largest absolute Gasteiger partial charge is 0.493 e. The molecule has 0 aliphatic heterocycles. The lowest BCUT2D eigenvalue weighted by atomic mass is 10.1. The second kappa shape index (κ2) is 7.21. The van der Waals surface area contributed by atoms with E-state index in [1.54, 1.807) is 0 Å². The van der Waals surface area contributed by atoms with Crippen LogP contribution < -0.4 is 10.1 Å². The molecule has 0 heterocycles. The number of hydrogen-bond donors (Lipinski definition) is 1. The summed E-state index contributed by atoms with van der Waals surface area (Å²) in [5.74, 6) is 3.47. The summed E-state index contributed by atoms with van der Waals surface area (Å²) in [5.41, 5.74) is 1.07. The average Bonchev–Trinajstić information content (AvgIpc) is 2.35. The molecule has 0 bridgehead atoms. The first kappa shape index (κ1) is 13.9. The zero-order chi connectivity index (χ0) is 12.7. The van der Waals surface area contributed by atoms with Gasteiger partial charge in [-0.3, -0.25) is 0 Å². The molecule has 0 spiro atoms. The fourth-order valence-corrected chi connectivity index (χ4v) is 1.68. The standard InChI is InChI=1S/C14H18ClNO/c1-4-5-6-9-17-14-8-7-12(15)10-13(14)11(2)16-3/h1,7-8,10-11,16H,5-6,9H2,2-3H3. The highest BCUT2D eigenvalue weighted by atomic mass is 35.5. The molecule has 1 atom stereocenters. The number of halogens is 1. The van der Waals surface area contributed by atoms with Gasteiger partial charge in [-0.25, -0.2) is 0 Å². The smallest absolute Gasteiger partial charge is 0.124 e. The Hall–Kier alpha value is -1.17. The van der Waals surface area contributed by atoms with Gasteiger partial charge in [0.05, 0.1) is 6.61 Å². The van der Waals surface area contributed by atoms with Gasteiger partial charge in [-0.15, -0.1) is 12.3 Å². The first-order valence-electron chi connectivity index (χ1n) is 5.72. The van der Waals surface area contributed by atoms with Crippen molar-refractivity contribution in [3.8, 4) is 18.1 Å². The molecule has 1 unspecified atom stereocenters. The first-order chi connectivity index (χ1) is 8.19. The minimum Gasteiger partial charge on any atom is -0.493 e. The lowest BCUT2D eigenvalue weighted by Gasteiger charge is -2.16. The van der Waals surface area contributed by atoms with Crippen LogP contribution in [0, 0.1) is 12.3 Å². The van der Waals surface area contributed by atoms with E-state index in [1.807, 2.05) is 25.2 Å². The van der Waals surface area contributed by atoms with Crippen molar-refractivity contribution in [3.05, 3.63) is 28.8 Å². The van der Waals surface area contributed by atoms with E-state index in [9.17, 15) is 0 Å². The van der Waals surface area contributed by atoms with E-state index in [4.69, 9.17) is 22.8 Å². The van der Waals surface area contributed by atoms with Crippen LogP contribution in [0.5, 0.6) is 5.75 Å². The second-order valence-corrected chi connectivity index (χ2v) is 4.29. The summed E-state index contributed by atoms with van der Waals surface area (Å²) >= 11 is 5.99. The highest BCUT2D eigenvalue weighted by Gasteiger charge is 2.10. The van der Waals surface area contributed by atoms with E-state index in [0.29, 0.717) is 6.61 Å². The van der Waals surface area contributed by atoms with Gasteiger partial charge >= 0.3 is 0 Å². The molecule has 0 aliphatic rings. The maximum atomic E-state index is 5.99. The van der Waals surface area contributed by atoms with Crippen LogP contribution in [0.3, 0.4) is 0 Å². The van der Waals surface area contributed by atoms with Crippen LogP contribution in [0.4, 0.5) is 0 Å². The highest BCUT2D eigenvalue weighted by molar-refractivity contribution is 6.30. The van der Waals surface area contributed by atoms with Crippen LogP contribution in [0.1, 0.15) is 31.4 Å². The molecule has 2 nitrogen and oxygen atoms in total. The van der Waals surface area contributed by atoms with Gasteiger partial charge in [0, 0.05) is 23.0 Å². The average molecular weight is 252 g/mol. The summed E-state index contributed by atoms with van der Waals surface area (Å²) in [5, 5.41) is 3.90. The number of rotatable bonds is 6. The molecule has 0 aromatic heterocycles. The highest BCUT2D eigenvalue weighted by Crippen LogP contribution is 2.28. The van der Waals surface area contributed by atoms with Crippen molar-refractivity contribution in [1.82, 2.24) is 5.32 Å². The second-order valence-electron chi connectivity index (χ2n) is 3.85. The van der Waals surface area contributed by atoms with E-state index in [-0.39, 0.29) is 6.04 Å². The lowest BCUT2D eigenvalue weighted by Crippen LogP contribution is -2.14. The Bertz CT molecular complexity index is 398. The third kappa shape index (κ3) is 4.30. The molecular weight excluding hydrogens is 234 g/mol. The molecule has 0 saturated carbocycles. The van der Waals surface area contributed by atoms with Crippen molar-refractivity contribution in [2.45, 2.75) is 25.8 Å². The van der Waals surface area contributed by atoms with Crippen molar-refractivity contribution in [2.24, 2.45) is 0 Å². The van der Waals surface area contributed by atoms with Crippen molar-refractivity contribution in [3.63, 3.8) is 0 Å². The van der Waals surface area contributed by atoms with Gasteiger partial charge in [0.25, 0.3) is 0 Å². The molecule has 1 N–H and O–H groups in total. The maximum absolute atomic E-state index is 5.99. The van der Waals surface area contributed by atoms with Crippen molar-refractivity contribution in [1.29, 1.82) is 0 Å². The topological polar surface area (TPSA) is 21.3 Å². The minimum atomic E-state index is 0.205. The third-order valence-corrected chi connectivity index (χ3v) is 2.83. The fourth-order valence-electron chi connectivity index (χ4n) is 1.50. The van der Waals surface area contributed by atoms with E-state index >= 15 is 0 Å². The van der Waals surface area contributed by atoms with Crippen LogP contribution in [0.2, 0.25) is 5.02 Å². The summed E-state index contributed by atoms with van der Waals surface area (Å²) < 4.78 is 5.72. The first-order valence-corrected chi connectivity index (χ1v) is 6.09. The quantitative estimate of drug-likeness (QED) is 0.618. The predicted molar refractivity (Wildman–Crippen MR) is 72.5 cm³/mol. The van der Waals surface area contributed by atoms with Gasteiger partial charge in [-0.2, -0.15) is 0 Å². The molecule has 0 fully saturated rings. The van der Waals surface area contributed by atoms with E-state index in [2.05, 4.69) is 18.2 Å². The maximum Gasteiger partial charge on any atom is 0.124 e. The Labute approximate surface area is 108 Å². The number of unbranched alkanes of at least 4 members (excludes halogenated alkanes) is 1. The Kier molecular flexibility index (Phi) is 5.90. The molecule has 17 heavy (non-hydrogen) atoms. The molecular formula is C14H18ClNO. The lowest BCUT2D eigenvalue weighted by molar-refractivity contribution is 0.307. The number of ether oxygens (including phenoxy) is 1. The minimum absolute atomic E-state index is 0.205. The van der Waals surface area contributed by atoms with Crippen LogP contribution >= 0.6 is 11.6 Å². The summed E-state index contributed by atoms with van der Waals surface area (Å²) in [6.07, 6.45) is 6.80. The van der Waals surface area contributed by atoms with Gasteiger partial charge in [-0.1, -0.05) is 11.6 Å². The molecule has 92 valence electrons. The van der Waals surface area contributed by atoms with Gasteiger partial charge in [0.15, 0.2) is 0 Å². The van der Waals surface area contributed by atoms with Crippen molar-refractivity contribution < 1.29 is 4.74 Å². The molecule has 3 heteroatoms. The Morgan fingerprint density at radius 1 is 1.53 bits per heavy atom. The monoisotopic (exact) mass is 251 g/mol. The number of terminal acetylenes is 1. The molecule has 0 radical (unpaired) electrons. The molecule has 1 aromatic rings. The Balaban J connectivity index is 2.73. The summed E-state index contributed by atoms with van der Waals surface area (Å²) in [7, 11) is 1.91. The SMILES string of the molecule is C#CCCCOc1ccc(Cl)cc1C(C)NC. The van der Waals surface area contributed by atoms with Crippen LogP contribution in [-0.2, 0) is 0 Å². The van der Waals surface area contributed by atoms with E-state index in [1.165, 1.54) is 0 Å². The number of hydrogen-bond acceptors (Lipinski definition) is 2. The van der Waals surface area contributed by atoms with E-state index in [0.717, 1.165) is 29.2 Å². The Morgan fingerprint density at radius 3 is 2.94 bits per heavy atom. The van der Waals surface area contributed by atoms with Crippen LogP contribution in [-0.4, -0.2) is 13.7 Å². The van der Waals surface area contributed by atoms with Gasteiger partial charge in [0.2, 0.25) is 0 Å². The third-order valence-electron chi connectivity index (χ3n) is 2.59. The van der Waals surface area contributed by atoms with Gasteiger partial charge in [0.1, 0.15) is 5.75 Å². The molecule has 0 aliphatic carbocycles. The van der Waals surface area contributed by atoms with Gasteiger partial charge < -0.3 is 10.1 Å². The molecule has 1 rings (SSSR count). The summed E-state index contributed by atoms with van der Waals surface area (Å²) in [4.78, 5) is 0. The fraction of sp³-hybridized carbons (Fsp3) is 0.429. The van der Waals surface area contributed by atoms with Crippen LogP contribution in [0.15, 0.2) is 18.2 Å². The normalized spacial score (nSPS) is 11.9. The molecule has 0 saturated heterocycles. The summed E-state index contributed by atoms with van der Waals surface area (Å²) in [6, 6.07) is 5.88. The van der Waals surface area contributed by atoms with E-state index < -0.39 is 0 Å². The summed E-state index contributed by atoms with van der Waals surface area (Å²) in [6.45, 7) is 2.70. The number of benzene rings is 1. The van der Waals surface area contributed by atoms with Crippen molar-refractivity contribution >= 4 is 11.6 Å². The Morgan fingerprint density at radius 2 is 2.29 bits per heavy atom. The molecule has 0 amide bonds. The zero-order valence-electron chi connectivity index (χ0n) is 10.3. The van der Waals surface area contributed by atoms with Gasteiger partial charge in [-0.05, 0) is 38.6 Å². The molecule has 1 aromatic carbocycles.